The van der Waals surface area contributed by atoms with Crippen LogP contribution in [0, 0.1) is 20.2 Å². The molecule has 10 aromatic carbocycles. The number of nitrogens with zero attached hydrogens (tertiary/aromatic N) is 6. The number of alkyl halides is 3. The molecule has 1 atom stereocenters. The number of anilines is 4. The Morgan fingerprint density at radius 1 is 0.357 bits per heavy atom. The summed E-state index contributed by atoms with van der Waals surface area (Å²) in [5.41, 5.74) is -1.39. The SMILES string of the molecule is CC(c1ccc(Oc2ccc(N3C(=O)c4ccc(-c5cccc6c5C(=O)N(c5c(Br)cc([N+](=O)[O-])cc5Br)C6=O)cc4C3=O)cc2)cc1)(c1ccc(Oc2ccc(N3C(=O)c4cccc(-c5ccc6c(c5)C(=O)N(c5c(Br)cc([N+](=O)[O-])cc5Br)C6=O)c4C3=O)cc2)cc1)C(F)(F)F. The normalized spacial score (nSPS) is 14.7. The van der Waals surface area contributed by atoms with Crippen LogP contribution in [-0.4, -0.2) is 63.3 Å². The summed E-state index contributed by atoms with van der Waals surface area (Å²) in [6.45, 7) is 1.04. The van der Waals surface area contributed by atoms with Gasteiger partial charge >= 0.3 is 6.18 Å². The second-order valence-electron chi connectivity index (χ2n) is 22.7. The lowest BCUT2D eigenvalue weighted by Gasteiger charge is -2.33. The van der Waals surface area contributed by atoms with Crippen molar-refractivity contribution in [3.63, 3.8) is 0 Å². The summed E-state index contributed by atoms with van der Waals surface area (Å²) in [4.78, 5) is 137. The molecular formula is C71H35Br4F3N6O14. The number of imide groups is 4. The van der Waals surface area contributed by atoms with Crippen LogP contribution >= 0.6 is 63.7 Å². The van der Waals surface area contributed by atoms with E-state index in [2.05, 4.69) is 63.7 Å². The summed E-state index contributed by atoms with van der Waals surface area (Å²) in [5, 5.41) is 22.9. The average Bonchev–Trinajstić information content (AvgIpc) is 1.43. The van der Waals surface area contributed by atoms with E-state index < -0.39 is 68.7 Å². The molecule has 0 N–H and O–H groups in total. The quantitative estimate of drug-likeness (QED) is 0.0557. The zero-order valence-electron chi connectivity index (χ0n) is 49.5. The highest BCUT2D eigenvalue weighted by atomic mass is 79.9. The van der Waals surface area contributed by atoms with Gasteiger partial charge in [-0.3, -0.25) is 58.6 Å². The summed E-state index contributed by atoms with van der Waals surface area (Å²) in [7, 11) is 0. The topological polar surface area (TPSA) is 254 Å². The summed E-state index contributed by atoms with van der Waals surface area (Å²) in [6.07, 6.45) is -4.81. The molecule has 27 heteroatoms. The molecule has 0 aromatic heterocycles. The van der Waals surface area contributed by atoms with E-state index in [9.17, 15) is 58.6 Å². The highest BCUT2D eigenvalue weighted by Gasteiger charge is 2.54. The molecule has 10 aromatic rings. The standard InChI is InChI=1S/C71H35Br4F3N6O14/c1-70(71(76,77)78,36-10-18-42(19-11-36)97-44-22-14-38(15-23-44)79-62(85)48-26-8-34(28-52(48)66(79)89)47-5-3-7-51-59(47)69(92)82(65(51)88)61-56(74)32-41(84(95)96)33-57(61)75)37-12-20-43(21-13-37)98-45-24-16-39(17-25-45)80-64(87)50-6-2-4-46(58(50)68(80)91)35-9-27-49-53(29-35)67(90)81(63(49)86)60-54(72)30-40(83(93)94)31-55(60)73/h2-33H,1H3. The Hall–Kier alpha value is -11.1. The van der Waals surface area contributed by atoms with Gasteiger partial charge in [0.1, 0.15) is 28.4 Å². The zero-order chi connectivity index (χ0) is 69.3. The van der Waals surface area contributed by atoms with Gasteiger partial charge in [-0.2, -0.15) is 13.2 Å². The van der Waals surface area contributed by atoms with E-state index in [1.165, 1.54) is 152 Å². The molecule has 4 aliphatic heterocycles. The molecule has 0 spiro atoms. The third kappa shape index (κ3) is 10.4. The average molecular weight is 1570 g/mol. The largest absolute Gasteiger partial charge is 0.457 e. The van der Waals surface area contributed by atoms with E-state index in [-0.39, 0.29) is 136 Å². The van der Waals surface area contributed by atoms with Crippen molar-refractivity contribution in [3.8, 4) is 45.3 Å². The zero-order valence-corrected chi connectivity index (χ0v) is 55.9. The molecule has 8 amide bonds. The predicted molar refractivity (Wildman–Crippen MR) is 364 cm³/mol. The number of halogens is 7. The molecule has 14 rings (SSSR count). The van der Waals surface area contributed by atoms with E-state index in [1.54, 1.807) is 30.3 Å². The minimum absolute atomic E-state index is 0.00828. The van der Waals surface area contributed by atoms with Crippen LogP contribution in [0.3, 0.4) is 0 Å². The van der Waals surface area contributed by atoms with Gasteiger partial charge in [0.2, 0.25) is 0 Å². The lowest BCUT2D eigenvalue weighted by molar-refractivity contribution is -0.385. The van der Waals surface area contributed by atoms with Crippen LogP contribution in [0.25, 0.3) is 22.3 Å². The van der Waals surface area contributed by atoms with E-state index in [4.69, 9.17) is 9.47 Å². The minimum Gasteiger partial charge on any atom is -0.457 e. The summed E-state index contributed by atoms with van der Waals surface area (Å²) in [5.74, 6) is -4.74. The van der Waals surface area contributed by atoms with E-state index in [0.717, 1.165) is 38.7 Å². The van der Waals surface area contributed by atoms with Gasteiger partial charge in [-0.05, 0) is 213 Å². The van der Waals surface area contributed by atoms with Gasteiger partial charge in [-0.25, -0.2) is 19.6 Å². The molecule has 482 valence electrons. The Balaban J connectivity index is 0.626. The van der Waals surface area contributed by atoms with Crippen LogP contribution < -0.4 is 29.1 Å². The fraction of sp³-hybridized carbons (Fsp3) is 0.0423. The van der Waals surface area contributed by atoms with Crippen LogP contribution in [0.4, 0.5) is 47.3 Å². The second-order valence-corrected chi connectivity index (χ2v) is 26.1. The molecule has 0 aliphatic carbocycles. The lowest BCUT2D eigenvalue weighted by Crippen LogP contribution is -2.40. The number of fused-ring (bicyclic) bond motifs is 4. The number of carbonyl (C=O) groups excluding carboxylic acids is 8. The van der Waals surface area contributed by atoms with Crippen molar-refractivity contribution >= 4 is 145 Å². The van der Waals surface area contributed by atoms with Gasteiger partial charge in [0, 0.05) is 42.2 Å². The number of hydrogen-bond donors (Lipinski definition) is 0. The van der Waals surface area contributed by atoms with Gasteiger partial charge in [-0.15, -0.1) is 0 Å². The monoisotopic (exact) mass is 1570 g/mol. The Kier molecular flexibility index (Phi) is 15.7. The maximum Gasteiger partial charge on any atom is 0.402 e. The first-order chi connectivity index (χ1) is 46.7. The number of nitro groups is 2. The number of nitro benzene ring substituents is 2. The van der Waals surface area contributed by atoms with E-state index >= 15 is 13.2 Å². The first kappa shape index (κ1) is 64.2. The Bertz CT molecular complexity index is 5260. The fourth-order valence-electron chi connectivity index (χ4n) is 12.3. The molecule has 0 bridgehead atoms. The maximum absolute atomic E-state index is 15.3. The van der Waals surface area contributed by atoms with Crippen molar-refractivity contribution < 1.29 is 70.8 Å². The fourth-order valence-corrected chi connectivity index (χ4v) is 15.3. The summed E-state index contributed by atoms with van der Waals surface area (Å²) >= 11 is 13.0. The summed E-state index contributed by atoms with van der Waals surface area (Å²) < 4.78 is 58.4. The minimum atomic E-state index is -4.81. The third-order valence-electron chi connectivity index (χ3n) is 17.2. The van der Waals surface area contributed by atoms with Crippen LogP contribution in [0.5, 0.6) is 23.0 Å². The molecular weight excluding hydrogens is 1540 g/mol. The molecule has 0 saturated heterocycles. The van der Waals surface area contributed by atoms with Crippen LogP contribution in [0.1, 0.15) is 101 Å². The van der Waals surface area contributed by atoms with E-state index in [1.807, 2.05) is 0 Å². The number of non-ortho nitro benzene ring substituents is 2. The highest BCUT2D eigenvalue weighted by molar-refractivity contribution is 9.11. The van der Waals surface area contributed by atoms with Crippen molar-refractivity contribution in [3.05, 3.63) is 288 Å². The van der Waals surface area contributed by atoms with Gasteiger partial charge < -0.3 is 9.47 Å². The van der Waals surface area contributed by atoms with Crippen molar-refractivity contribution in [1.82, 2.24) is 0 Å². The van der Waals surface area contributed by atoms with Gasteiger partial charge in [0.25, 0.3) is 58.6 Å². The summed E-state index contributed by atoms with van der Waals surface area (Å²) in [6, 6.07) is 45.1. The van der Waals surface area contributed by atoms with E-state index in [0.29, 0.717) is 16.7 Å². The van der Waals surface area contributed by atoms with Crippen molar-refractivity contribution in [2.45, 2.75) is 18.5 Å². The van der Waals surface area contributed by atoms with Crippen molar-refractivity contribution in [2.24, 2.45) is 0 Å². The Morgan fingerprint density at radius 2 is 0.653 bits per heavy atom. The number of ether oxygens (including phenoxy) is 2. The molecule has 1 unspecified atom stereocenters. The molecule has 0 saturated carbocycles. The van der Waals surface area contributed by atoms with Crippen molar-refractivity contribution in [2.75, 3.05) is 19.6 Å². The van der Waals surface area contributed by atoms with Crippen LogP contribution in [0.2, 0.25) is 0 Å². The molecule has 20 nitrogen and oxygen atoms in total. The Labute approximate surface area is 583 Å². The molecule has 98 heavy (non-hydrogen) atoms. The lowest BCUT2D eigenvalue weighted by atomic mass is 9.75. The van der Waals surface area contributed by atoms with Gasteiger partial charge in [0.15, 0.2) is 0 Å². The number of hydrogen-bond acceptors (Lipinski definition) is 14. The number of carbonyl (C=O) groups is 8. The first-order valence-corrected chi connectivity index (χ1v) is 32.1. The molecule has 0 radical (unpaired) electrons. The number of amides is 8. The molecule has 4 aliphatic rings. The van der Waals surface area contributed by atoms with Crippen LogP contribution in [-0.2, 0) is 5.41 Å². The highest BCUT2D eigenvalue weighted by Crippen LogP contribution is 2.49. The molecule has 4 heterocycles. The number of rotatable bonds is 14. The predicted octanol–water partition coefficient (Wildman–Crippen LogP) is 17.5. The molecule has 0 fully saturated rings. The first-order valence-electron chi connectivity index (χ1n) is 28.9. The second kappa shape index (κ2) is 23.9. The Morgan fingerprint density at radius 3 is 1.03 bits per heavy atom. The van der Waals surface area contributed by atoms with Crippen molar-refractivity contribution in [1.29, 1.82) is 0 Å². The van der Waals surface area contributed by atoms with Crippen LogP contribution in [0.15, 0.2) is 212 Å². The smallest absolute Gasteiger partial charge is 0.402 e. The van der Waals surface area contributed by atoms with Gasteiger partial charge in [0.05, 0.1) is 77.1 Å². The number of benzene rings is 10. The maximum atomic E-state index is 15.3. The third-order valence-corrected chi connectivity index (χ3v) is 19.6. The van der Waals surface area contributed by atoms with Gasteiger partial charge in [-0.1, -0.05) is 60.7 Å².